The molecule has 0 saturated carbocycles. The molecule has 0 unspecified atom stereocenters. The van der Waals surface area contributed by atoms with Crippen LogP contribution in [0.1, 0.15) is 6.42 Å². The number of rotatable bonds is 7. The fourth-order valence-corrected chi connectivity index (χ4v) is 5.10. The van der Waals surface area contributed by atoms with E-state index in [4.69, 9.17) is 0 Å². The number of nitrogens with one attached hydrogen (secondary N) is 1. The smallest absolute Gasteiger partial charge is 0.236 e. The molecule has 39 heavy (non-hydrogen) atoms. The third-order valence-corrected chi connectivity index (χ3v) is 7.47. The van der Waals surface area contributed by atoms with E-state index in [1.807, 2.05) is 34.1 Å². The largest absolute Gasteiger partial charge is 0.505 e. The summed E-state index contributed by atoms with van der Waals surface area (Å²) in [5.74, 6) is -1.13. The van der Waals surface area contributed by atoms with Crippen LogP contribution < -0.4 is 10.2 Å². The molecule has 2 fully saturated rings. The maximum Gasteiger partial charge on any atom is 0.236 e. The molecule has 0 radical (unpaired) electrons. The molecule has 3 aromatic rings. The number of aromatic hydroxyl groups is 1. The summed E-state index contributed by atoms with van der Waals surface area (Å²) in [5.41, 5.74) is 1.12. The second-order valence-corrected chi connectivity index (χ2v) is 10.0. The molecule has 2 amide bonds. The zero-order valence-corrected chi connectivity index (χ0v) is 21.5. The van der Waals surface area contributed by atoms with Crippen LogP contribution in [0.3, 0.4) is 0 Å². The van der Waals surface area contributed by atoms with Gasteiger partial charge in [-0.25, -0.2) is 14.4 Å². The number of carbonyl (C=O) groups is 2. The first kappa shape index (κ1) is 26.5. The highest BCUT2D eigenvalue weighted by Gasteiger charge is 2.45. The number of halogens is 1. The van der Waals surface area contributed by atoms with Crippen molar-refractivity contribution in [2.24, 2.45) is 5.41 Å². The normalized spacial score (nSPS) is 19.7. The highest BCUT2D eigenvalue weighted by molar-refractivity contribution is 5.96. The van der Waals surface area contributed by atoms with E-state index in [0.717, 1.165) is 23.4 Å². The lowest BCUT2D eigenvalue weighted by atomic mass is 9.87. The lowest BCUT2D eigenvalue weighted by Crippen LogP contribution is -2.51. The molecule has 5 rings (SSSR count). The zero-order valence-electron chi connectivity index (χ0n) is 21.5. The van der Waals surface area contributed by atoms with Gasteiger partial charge in [0.15, 0.2) is 17.4 Å². The number of aromatic nitrogens is 2. The van der Waals surface area contributed by atoms with Gasteiger partial charge in [0.05, 0.1) is 18.6 Å². The number of nitrogens with zero attached hydrogens (tertiary/aromatic N) is 5. The Bertz CT molecular complexity index is 1320. The van der Waals surface area contributed by atoms with E-state index in [2.05, 4.69) is 20.2 Å². The molecule has 0 bridgehead atoms. The van der Waals surface area contributed by atoms with Crippen molar-refractivity contribution in [1.82, 2.24) is 19.8 Å². The number of likely N-dealkylation sites (tertiary alicyclic amines) is 1. The SMILES string of the molecule is O=C(CN1CC[C@@](CO)(C(=O)Nc2ccc(O)c(F)c2)C1)N1CCN(c2ccc(-c3ncccn3)cc2)CC1. The van der Waals surface area contributed by atoms with Crippen molar-refractivity contribution in [3.05, 3.63) is 66.7 Å². The van der Waals surface area contributed by atoms with E-state index in [-0.39, 0.29) is 24.7 Å². The average molecular weight is 535 g/mol. The van der Waals surface area contributed by atoms with Crippen LogP contribution in [0.4, 0.5) is 15.8 Å². The Morgan fingerprint density at radius 3 is 2.38 bits per heavy atom. The fraction of sp³-hybridized carbons (Fsp3) is 0.357. The summed E-state index contributed by atoms with van der Waals surface area (Å²) in [7, 11) is 0. The molecule has 0 spiro atoms. The molecular formula is C28H31FN6O4. The minimum atomic E-state index is -1.09. The Morgan fingerprint density at radius 2 is 1.72 bits per heavy atom. The number of amides is 2. The standard InChI is InChI=1S/C28H31FN6O4/c29-23-16-21(4-7-24(23)37)32-27(39)28(19-36)8-11-33(18-28)17-25(38)35-14-12-34(13-15-35)22-5-2-20(3-6-22)26-30-9-1-10-31-26/h1-7,9-10,16,36-37H,8,11-15,17-19H2,(H,32,39)/t28-/m1/s1. The van der Waals surface area contributed by atoms with Crippen molar-refractivity contribution in [3.63, 3.8) is 0 Å². The van der Waals surface area contributed by atoms with Gasteiger partial charge in [-0.3, -0.25) is 14.5 Å². The predicted molar refractivity (Wildman–Crippen MR) is 144 cm³/mol. The molecule has 0 aliphatic carbocycles. The fourth-order valence-electron chi connectivity index (χ4n) is 5.10. The minimum absolute atomic E-state index is 0.0130. The third-order valence-electron chi connectivity index (χ3n) is 7.47. The number of anilines is 2. The summed E-state index contributed by atoms with van der Waals surface area (Å²) in [6.07, 6.45) is 3.81. The topological polar surface area (TPSA) is 122 Å². The van der Waals surface area contributed by atoms with Gasteiger partial charge >= 0.3 is 0 Å². The zero-order chi connectivity index (χ0) is 27.4. The summed E-state index contributed by atoms with van der Waals surface area (Å²) < 4.78 is 13.7. The monoisotopic (exact) mass is 534 g/mol. The summed E-state index contributed by atoms with van der Waals surface area (Å²) in [5, 5.41) is 22.1. The molecule has 2 saturated heterocycles. The number of phenols is 1. The molecular weight excluding hydrogens is 503 g/mol. The molecule has 1 atom stereocenters. The first-order valence-electron chi connectivity index (χ1n) is 12.9. The lowest BCUT2D eigenvalue weighted by molar-refractivity contribution is -0.133. The predicted octanol–water partition coefficient (Wildman–Crippen LogP) is 1.96. The summed E-state index contributed by atoms with van der Waals surface area (Å²) in [6.45, 7) is 3.08. The Labute approximate surface area is 225 Å². The van der Waals surface area contributed by atoms with Crippen molar-refractivity contribution in [1.29, 1.82) is 0 Å². The van der Waals surface area contributed by atoms with E-state index < -0.39 is 29.5 Å². The van der Waals surface area contributed by atoms with Gasteiger partial charge in [0.2, 0.25) is 11.8 Å². The van der Waals surface area contributed by atoms with Gasteiger partial charge in [0, 0.05) is 68.1 Å². The van der Waals surface area contributed by atoms with Crippen LogP contribution in [0.25, 0.3) is 11.4 Å². The summed E-state index contributed by atoms with van der Waals surface area (Å²) in [4.78, 5) is 40.5. The maximum absolute atomic E-state index is 13.7. The molecule has 10 nitrogen and oxygen atoms in total. The van der Waals surface area contributed by atoms with Crippen molar-refractivity contribution < 1.29 is 24.2 Å². The lowest BCUT2D eigenvalue weighted by Gasteiger charge is -2.37. The van der Waals surface area contributed by atoms with Crippen molar-refractivity contribution in [2.45, 2.75) is 6.42 Å². The van der Waals surface area contributed by atoms with Crippen LogP contribution in [0.2, 0.25) is 0 Å². The van der Waals surface area contributed by atoms with Gasteiger partial charge in [0.1, 0.15) is 0 Å². The Kier molecular flexibility index (Phi) is 7.71. The number of hydrogen-bond donors (Lipinski definition) is 3. The van der Waals surface area contributed by atoms with E-state index in [0.29, 0.717) is 45.0 Å². The Balaban J connectivity index is 1.12. The minimum Gasteiger partial charge on any atom is -0.505 e. The van der Waals surface area contributed by atoms with Crippen LogP contribution in [-0.4, -0.2) is 94.2 Å². The Hall–Kier alpha value is -4.09. The van der Waals surface area contributed by atoms with Crippen molar-refractivity contribution in [3.8, 4) is 17.1 Å². The molecule has 1 aromatic heterocycles. The van der Waals surface area contributed by atoms with E-state index >= 15 is 0 Å². The first-order chi connectivity index (χ1) is 18.9. The van der Waals surface area contributed by atoms with Crippen LogP contribution in [0, 0.1) is 11.2 Å². The number of benzene rings is 2. The third kappa shape index (κ3) is 5.84. The summed E-state index contributed by atoms with van der Waals surface area (Å²) >= 11 is 0. The van der Waals surface area contributed by atoms with Crippen LogP contribution in [0.5, 0.6) is 5.75 Å². The quantitative estimate of drug-likeness (QED) is 0.394. The van der Waals surface area contributed by atoms with Crippen molar-refractivity contribution >= 4 is 23.2 Å². The molecule has 11 heteroatoms. The van der Waals surface area contributed by atoms with Crippen LogP contribution >= 0.6 is 0 Å². The van der Waals surface area contributed by atoms with Gasteiger partial charge in [-0.05, 0) is 55.4 Å². The molecule has 2 aromatic carbocycles. The second-order valence-electron chi connectivity index (χ2n) is 10.0. The van der Waals surface area contributed by atoms with Gasteiger partial charge in [-0.15, -0.1) is 0 Å². The first-order valence-corrected chi connectivity index (χ1v) is 12.9. The molecule has 204 valence electrons. The highest BCUT2D eigenvalue weighted by Crippen LogP contribution is 2.32. The Morgan fingerprint density at radius 1 is 1.00 bits per heavy atom. The number of phenolic OH excluding ortho intramolecular Hbond substituents is 1. The number of aliphatic hydroxyl groups excluding tert-OH is 1. The molecule has 3 heterocycles. The molecule has 3 N–H and O–H groups in total. The average Bonchev–Trinajstić information content (AvgIpc) is 3.40. The van der Waals surface area contributed by atoms with Gasteiger partial charge in [-0.2, -0.15) is 0 Å². The molecule has 2 aliphatic rings. The van der Waals surface area contributed by atoms with Gasteiger partial charge in [0.25, 0.3) is 0 Å². The maximum atomic E-state index is 13.7. The van der Waals surface area contributed by atoms with Gasteiger partial charge < -0.3 is 25.3 Å². The number of aliphatic hydroxyl groups is 1. The number of piperazine rings is 1. The highest BCUT2D eigenvalue weighted by atomic mass is 19.1. The number of hydrogen-bond acceptors (Lipinski definition) is 8. The van der Waals surface area contributed by atoms with Gasteiger partial charge in [-0.1, -0.05) is 0 Å². The summed E-state index contributed by atoms with van der Waals surface area (Å²) in [6, 6.07) is 13.4. The van der Waals surface area contributed by atoms with Crippen LogP contribution in [0.15, 0.2) is 60.9 Å². The van der Waals surface area contributed by atoms with E-state index in [9.17, 15) is 24.2 Å². The van der Waals surface area contributed by atoms with Crippen LogP contribution in [-0.2, 0) is 9.59 Å². The van der Waals surface area contributed by atoms with E-state index in [1.165, 1.54) is 6.07 Å². The van der Waals surface area contributed by atoms with Crippen molar-refractivity contribution in [2.75, 3.05) is 62.6 Å². The molecule has 2 aliphatic heterocycles. The second kappa shape index (κ2) is 11.3. The van der Waals surface area contributed by atoms with E-state index in [1.54, 1.807) is 18.5 Å². The number of carbonyl (C=O) groups excluding carboxylic acids is 2.